The number of pyridine rings is 1. The average Bonchev–Trinajstić information content (AvgIpc) is 2.30. The van der Waals surface area contributed by atoms with E-state index in [4.69, 9.17) is 0 Å². The van der Waals surface area contributed by atoms with Gasteiger partial charge in [0.25, 0.3) is 5.56 Å². The summed E-state index contributed by atoms with van der Waals surface area (Å²) in [6.45, 7) is 6.03. The third-order valence-corrected chi connectivity index (χ3v) is 2.99. The highest BCUT2D eigenvalue weighted by molar-refractivity contribution is 5.66. The molecule has 1 aromatic rings. The Hall–Kier alpha value is -1.35. The van der Waals surface area contributed by atoms with Gasteiger partial charge >= 0.3 is 0 Å². The molecule has 0 spiro atoms. The van der Waals surface area contributed by atoms with E-state index in [1.165, 1.54) is 5.57 Å². The van der Waals surface area contributed by atoms with E-state index in [0.29, 0.717) is 0 Å². The minimum atomic E-state index is 0.0354. The summed E-state index contributed by atoms with van der Waals surface area (Å²) in [6, 6.07) is 2.03. The summed E-state index contributed by atoms with van der Waals surface area (Å²) >= 11 is 0. The topological polar surface area (TPSA) is 44.9 Å². The Kier molecular flexibility index (Phi) is 3.25. The molecular weight excluding hydrogens is 200 g/mol. The van der Waals surface area contributed by atoms with E-state index in [0.717, 1.165) is 30.6 Å². The first-order valence-electron chi connectivity index (χ1n) is 5.81. The van der Waals surface area contributed by atoms with Crippen molar-refractivity contribution in [2.75, 3.05) is 13.1 Å². The Morgan fingerprint density at radius 3 is 2.81 bits per heavy atom. The number of H-pyrrole nitrogens is 1. The molecule has 0 fully saturated rings. The molecule has 3 nitrogen and oxygen atoms in total. The maximum Gasteiger partial charge on any atom is 0.251 e. The first kappa shape index (κ1) is 11.1. The van der Waals surface area contributed by atoms with Crippen molar-refractivity contribution in [1.29, 1.82) is 0 Å². The van der Waals surface area contributed by atoms with Crippen LogP contribution in [0, 0.1) is 0 Å². The van der Waals surface area contributed by atoms with Crippen molar-refractivity contribution in [1.82, 2.24) is 10.3 Å². The molecule has 0 unspecified atom stereocenters. The Labute approximate surface area is 95.6 Å². The standard InChI is InChI=1S/C13H18N2O/c1-9(2)12-7-11(8-15-13(12)16)10-3-5-14-6-4-10/h3,7-9,14H,4-6H2,1-2H3,(H,15,16). The van der Waals surface area contributed by atoms with Gasteiger partial charge in [0.05, 0.1) is 0 Å². The van der Waals surface area contributed by atoms with Gasteiger partial charge in [-0.1, -0.05) is 19.9 Å². The smallest absolute Gasteiger partial charge is 0.251 e. The van der Waals surface area contributed by atoms with Crippen molar-refractivity contribution < 1.29 is 0 Å². The largest absolute Gasteiger partial charge is 0.328 e. The van der Waals surface area contributed by atoms with Gasteiger partial charge in [-0.05, 0) is 36.1 Å². The van der Waals surface area contributed by atoms with Crippen molar-refractivity contribution in [2.24, 2.45) is 0 Å². The molecule has 2 heterocycles. The van der Waals surface area contributed by atoms with Crippen molar-refractivity contribution in [3.8, 4) is 0 Å². The SMILES string of the molecule is CC(C)c1cc(C2=CCNCC2)c[nH]c1=O. The molecule has 1 aromatic heterocycles. The van der Waals surface area contributed by atoms with Gasteiger partial charge in [-0.15, -0.1) is 0 Å². The molecule has 86 valence electrons. The van der Waals surface area contributed by atoms with Crippen LogP contribution in [0.3, 0.4) is 0 Å². The highest BCUT2D eigenvalue weighted by atomic mass is 16.1. The van der Waals surface area contributed by atoms with Gasteiger partial charge in [-0.3, -0.25) is 4.79 Å². The van der Waals surface area contributed by atoms with Gasteiger partial charge in [-0.25, -0.2) is 0 Å². The van der Waals surface area contributed by atoms with Crippen LogP contribution in [0.15, 0.2) is 23.1 Å². The number of hydrogen-bond acceptors (Lipinski definition) is 2. The molecule has 0 saturated carbocycles. The molecule has 2 rings (SSSR count). The van der Waals surface area contributed by atoms with Crippen LogP contribution in [-0.2, 0) is 0 Å². The molecule has 0 aliphatic carbocycles. The Balaban J connectivity index is 2.39. The van der Waals surface area contributed by atoms with Gasteiger partial charge < -0.3 is 10.3 Å². The zero-order valence-corrected chi connectivity index (χ0v) is 9.84. The summed E-state index contributed by atoms with van der Waals surface area (Å²) in [7, 11) is 0. The second kappa shape index (κ2) is 4.66. The second-order valence-electron chi connectivity index (χ2n) is 4.51. The summed E-state index contributed by atoms with van der Waals surface area (Å²) < 4.78 is 0. The van der Waals surface area contributed by atoms with E-state index < -0.39 is 0 Å². The number of rotatable bonds is 2. The van der Waals surface area contributed by atoms with Crippen LogP contribution in [0.25, 0.3) is 5.57 Å². The molecule has 0 radical (unpaired) electrons. The highest BCUT2D eigenvalue weighted by Crippen LogP contribution is 2.20. The van der Waals surface area contributed by atoms with Crippen molar-refractivity contribution in [2.45, 2.75) is 26.2 Å². The average molecular weight is 218 g/mol. The molecule has 1 aliphatic heterocycles. The predicted octanol–water partition coefficient (Wildman–Crippen LogP) is 1.88. The van der Waals surface area contributed by atoms with E-state index >= 15 is 0 Å². The second-order valence-corrected chi connectivity index (χ2v) is 4.51. The Morgan fingerprint density at radius 1 is 1.38 bits per heavy atom. The minimum Gasteiger partial charge on any atom is -0.328 e. The fourth-order valence-corrected chi connectivity index (χ4v) is 2.00. The van der Waals surface area contributed by atoms with Gasteiger partial charge in [0.1, 0.15) is 0 Å². The Morgan fingerprint density at radius 2 is 2.19 bits per heavy atom. The van der Waals surface area contributed by atoms with Crippen LogP contribution >= 0.6 is 0 Å². The fourth-order valence-electron chi connectivity index (χ4n) is 2.00. The first-order valence-corrected chi connectivity index (χ1v) is 5.81. The van der Waals surface area contributed by atoms with Crippen LogP contribution in [0.2, 0.25) is 0 Å². The van der Waals surface area contributed by atoms with E-state index in [1.807, 2.05) is 26.1 Å². The van der Waals surface area contributed by atoms with Crippen molar-refractivity contribution >= 4 is 5.57 Å². The van der Waals surface area contributed by atoms with Gasteiger partial charge in [0, 0.05) is 18.3 Å². The third kappa shape index (κ3) is 2.25. The first-order chi connectivity index (χ1) is 7.68. The molecule has 0 saturated heterocycles. The van der Waals surface area contributed by atoms with Crippen LogP contribution in [0.4, 0.5) is 0 Å². The van der Waals surface area contributed by atoms with E-state index in [2.05, 4.69) is 16.4 Å². The lowest BCUT2D eigenvalue weighted by atomic mass is 9.97. The fraction of sp³-hybridized carbons (Fsp3) is 0.462. The van der Waals surface area contributed by atoms with Crippen LogP contribution in [0.1, 0.15) is 37.3 Å². The number of hydrogen-bond donors (Lipinski definition) is 2. The van der Waals surface area contributed by atoms with E-state index in [-0.39, 0.29) is 11.5 Å². The van der Waals surface area contributed by atoms with E-state index in [9.17, 15) is 4.79 Å². The summed E-state index contributed by atoms with van der Waals surface area (Å²) in [5.41, 5.74) is 3.40. The third-order valence-electron chi connectivity index (χ3n) is 2.99. The maximum atomic E-state index is 11.6. The molecule has 0 aromatic carbocycles. The predicted molar refractivity (Wildman–Crippen MR) is 66.6 cm³/mol. The quantitative estimate of drug-likeness (QED) is 0.796. The lowest BCUT2D eigenvalue weighted by Crippen LogP contribution is -2.21. The number of nitrogens with one attached hydrogen (secondary N) is 2. The summed E-state index contributed by atoms with van der Waals surface area (Å²) in [5.74, 6) is 0.269. The maximum absolute atomic E-state index is 11.6. The summed E-state index contributed by atoms with van der Waals surface area (Å²) in [5, 5.41) is 3.28. The van der Waals surface area contributed by atoms with Gasteiger partial charge in [0.15, 0.2) is 0 Å². The number of aromatic amines is 1. The molecule has 0 atom stereocenters. The molecule has 0 bridgehead atoms. The Bertz CT molecular complexity index is 457. The molecule has 16 heavy (non-hydrogen) atoms. The molecule has 2 N–H and O–H groups in total. The summed E-state index contributed by atoms with van der Waals surface area (Å²) in [4.78, 5) is 14.4. The van der Waals surface area contributed by atoms with Crippen molar-refractivity contribution in [3.05, 3.63) is 39.8 Å². The zero-order chi connectivity index (χ0) is 11.5. The van der Waals surface area contributed by atoms with Crippen LogP contribution in [-0.4, -0.2) is 18.1 Å². The number of aromatic nitrogens is 1. The van der Waals surface area contributed by atoms with Crippen molar-refractivity contribution in [3.63, 3.8) is 0 Å². The minimum absolute atomic E-state index is 0.0354. The monoisotopic (exact) mass is 218 g/mol. The summed E-state index contributed by atoms with van der Waals surface area (Å²) in [6.07, 6.45) is 5.05. The normalized spacial score (nSPS) is 16.3. The molecule has 0 amide bonds. The van der Waals surface area contributed by atoms with Crippen LogP contribution < -0.4 is 10.9 Å². The van der Waals surface area contributed by atoms with E-state index in [1.54, 1.807) is 0 Å². The highest BCUT2D eigenvalue weighted by Gasteiger charge is 2.10. The molecule has 3 heteroatoms. The molecular formula is C13H18N2O. The zero-order valence-electron chi connectivity index (χ0n) is 9.84. The van der Waals surface area contributed by atoms with Crippen LogP contribution in [0.5, 0.6) is 0 Å². The van der Waals surface area contributed by atoms with Gasteiger partial charge in [0.2, 0.25) is 0 Å². The molecule has 1 aliphatic rings. The lowest BCUT2D eigenvalue weighted by molar-refractivity contribution is 0.737. The van der Waals surface area contributed by atoms with Gasteiger partial charge in [-0.2, -0.15) is 0 Å². The lowest BCUT2D eigenvalue weighted by Gasteiger charge is -2.15.